The molecule has 0 aromatic heterocycles. The lowest BCUT2D eigenvalue weighted by atomic mass is 10.1. The zero-order valence-corrected chi connectivity index (χ0v) is 9.78. The monoisotopic (exact) mass is 260 g/mol. The van der Waals surface area contributed by atoms with Gasteiger partial charge in [0.2, 0.25) is 0 Å². The van der Waals surface area contributed by atoms with Crippen molar-refractivity contribution in [2.75, 3.05) is 31.1 Å². The highest BCUT2D eigenvalue weighted by molar-refractivity contribution is 5.48. The summed E-state index contributed by atoms with van der Waals surface area (Å²) in [5, 5.41) is 0. The number of rotatable bonds is 2. The van der Waals surface area contributed by atoms with E-state index in [-0.39, 0.29) is 6.10 Å². The molecule has 0 radical (unpaired) electrons. The summed E-state index contributed by atoms with van der Waals surface area (Å²) in [5.74, 6) is 0. The number of hydrogen-bond acceptors (Lipinski definition) is 3. The largest absolute Gasteiger partial charge is 0.416 e. The maximum absolute atomic E-state index is 12.4. The average Bonchev–Trinajstić information content (AvgIpc) is 2.38. The molecule has 2 N–H and O–H groups in total. The van der Waals surface area contributed by atoms with Gasteiger partial charge in [0, 0.05) is 25.3 Å². The van der Waals surface area contributed by atoms with Crippen molar-refractivity contribution < 1.29 is 17.9 Å². The fourth-order valence-corrected chi connectivity index (χ4v) is 1.96. The molecule has 2 rings (SSSR count). The standard InChI is InChI=1S/C12H15F3N2O/c13-12(14,15)9-1-3-10(4-2-9)17-5-6-18-11(7-16)8-17/h1-4,11H,5-8,16H2. The predicted molar refractivity (Wildman–Crippen MR) is 62.5 cm³/mol. The first-order chi connectivity index (χ1) is 8.50. The van der Waals surface area contributed by atoms with Crippen LogP contribution >= 0.6 is 0 Å². The van der Waals surface area contributed by atoms with Gasteiger partial charge in [-0.05, 0) is 24.3 Å². The Hall–Kier alpha value is -1.27. The quantitative estimate of drug-likeness (QED) is 0.882. The van der Waals surface area contributed by atoms with E-state index in [9.17, 15) is 13.2 Å². The van der Waals surface area contributed by atoms with Gasteiger partial charge in [-0.3, -0.25) is 0 Å². The Morgan fingerprint density at radius 3 is 2.50 bits per heavy atom. The van der Waals surface area contributed by atoms with Crippen LogP contribution in [0.4, 0.5) is 18.9 Å². The van der Waals surface area contributed by atoms with Gasteiger partial charge in [-0.25, -0.2) is 0 Å². The third-order valence-electron chi connectivity index (χ3n) is 2.96. The second kappa shape index (κ2) is 5.16. The van der Waals surface area contributed by atoms with E-state index in [1.807, 2.05) is 4.90 Å². The van der Waals surface area contributed by atoms with Crippen molar-refractivity contribution >= 4 is 5.69 Å². The molecule has 1 fully saturated rings. The van der Waals surface area contributed by atoms with Crippen LogP contribution in [0.15, 0.2) is 24.3 Å². The average molecular weight is 260 g/mol. The van der Waals surface area contributed by atoms with Gasteiger partial charge in [-0.2, -0.15) is 13.2 Å². The van der Waals surface area contributed by atoms with Crippen LogP contribution in [0.5, 0.6) is 0 Å². The summed E-state index contributed by atoms with van der Waals surface area (Å²) in [6.45, 7) is 2.24. The molecule has 3 nitrogen and oxygen atoms in total. The minimum atomic E-state index is -4.29. The molecule has 18 heavy (non-hydrogen) atoms. The lowest BCUT2D eigenvalue weighted by Gasteiger charge is -2.34. The SMILES string of the molecule is NCC1CN(c2ccc(C(F)(F)F)cc2)CCO1. The molecular weight excluding hydrogens is 245 g/mol. The zero-order valence-electron chi connectivity index (χ0n) is 9.78. The summed E-state index contributed by atoms with van der Waals surface area (Å²) in [6.07, 6.45) is -4.34. The first-order valence-electron chi connectivity index (χ1n) is 5.74. The third kappa shape index (κ3) is 2.94. The van der Waals surface area contributed by atoms with Gasteiger partial charge in [0.1, 0.15) is 0 Å². The molecular formula is C12H15F3N2O. The van der Waals surface area contributed by atoms with E-state index in [4.69, 9.17) is 10.5 Å². The van der Waals surface area contributed by atoms with E-state index in [0.29, 0.717) is 26.2 Å². The topological polar surface area (TPSA) is 38.5 Å². The van der Waals surface area contributed by atoms with Crippen molar-refractivity contribution in [3.63, 3.8) is 0 Å². The summed E-state index contributed by atoms with van der Waals surface area (Å²) in [6, 6.07) is 5.17. The minimum Gasteiger partial charge on any atom is -0.373 e. The summed E-state index contributed by atoms with van der Waals surface area (Å²) in [4.78, 5) is 1.99. The van der Waals surface area contributed by atoms with E-state index in [0.717, 1.165) is 17.8 Å². The van der Waals surface area contributed by atoms with E-state index in [1.165, 1.54) is 12.1 Å². The molecule has 1 aromatic carbocycles. The number of nitrogens with two attached hydrogens (primary N) is 1. The Kier molecular flexibility index (Phi) is 3.77. The van der Waals surface area contributed by atoms with E-state index < -0.39 is 11.7 Å². The molecule has 0 spiro atoms. The highest BCUT2D eigenvalue weighted by Crippen LogP contribution is 2.30. The second-order valence-electron chi connectivity index (χ2n) is 4.22. The molecule has 0 amide bonds. The summed E-state index contributed by atoms with van der Waals surface area (Å²) in [5.41, 5.74) is 5.66. The molecule has 0 bridgehead atoms. The zero-order chi connectivity index (χ0) is 13.2. The molecule has 1 saturated heterocycles. The molecule has 0 aliphatic carbocycles. The highest BCUT2D eigenvalue weighted by atomic mass is 19.4. The summed E-state index contributed by atoms with van der Waals surface area (Å²) >= 11 is 0. The van der Waals surface area contributed by atoms with Crippen LogP contribution < -0.4 is 10.6 Å². The molecule has 1 aliphatic heterocycles. The van der Waals surface area contributed by atoms with Gasteiger partial charge in [-0.1, -0.05) is 0 Å². The van der Waals surface area contributed by atoms with E-state index >= 15 is 0 Å². The Morgan fingerprint density at radius 1 is 1.28 bits per heavy atom. The first-order valence-corrected chi connectivity index (χ1v) is 5.74. The number of morpholine rings is 1. The molecule has 0 saturated carbocycles. The normalized spacial score (nSPS) is 21.1. The molecule has 6 heteroatoms. The molecule has 1 aromatic rings. The number of hydrogen-bond donors (Lipinski definition) is 1. The fraction of sp³-hybridized carbons (Fsp3) is 0.500. The van der Waals surface area contributed by atoms with Gasteiger partial charge in [0.15, 0.2) is 0 Å². The Bertz CT molecular complexity index is 391. The number of ether oxygens (including phenoxy) is 1. The fourth-order valence-electron chi connectivity index (χ4n) is 1.96. The van der Waals surface area contributed by atoms with Crippen molar-refractivity contribution in [3.8, 4) is 0 Å². The third-order valence-corrected chi connectivity index (χ3v) is 2.96. The van der Waals surface area contributed by atoms with Crippen LogP contribution in [0.2, 0.25) is 0 Å². The minimum absolute atomic E-state index is 0.0546. The van der Waals surface area contributed by atoms with Crippen LogP contribution in [0.3, 0.4) is 0 Å². The van der Waals surface area contributed by atoms with Crippen LogP contribution in [0, 0.1) is 0 Å². The number of alkyl halides is 3. The van der Waals surface area contributed by atoms with Crippen LogP contribution in [-0.2, 0) is 10.9 Å². The van der Waals surface area contributed by atoms with Crippen molar-refractivity contribution in [2.45, 2.75) is 12.3 Å². The lowest BCUT2D eigenvalue weighted by molar-refractivity contribution is -0.137. The van der Waals surface area contributed by atoms with Crippen LogP contribution in [0.1, 0.15) is 5.56 Å². The number of benzene rings is 1. The van der Waals surface area contributed by atoms with Gasteiger partial charge in [0.05, 0.1) is 18.3 Å². The number of nitrogens with zero attached hydrogens (tertiary/aromatic N) is 1. The Morgan fingerprint density at radius 2 is 1.94 bits per heavy atom. The van der Waals surface area contributed by atoms with E-state index in [2.05, 4.69) is 0 Å². The summed E-state index contributed by atoms with van der Waals surface area (Å²) < 4.78 is 42.7. The molecule has 1 heterocycles. The van der Waals surface area contributed by atoms with E-state index in [1.54, 1.807) is 0 Å². The highest BCUT2D eigenvalue weighted by Gasteiger charge is 2.30. The van der Waals surface area contributed by atoms with Crippen molar-refractivity contribution in [1.82, 2.24) is 0 Å². The van der Waals surface area contributed by atoms with Gasteiger partial charge < -0.3 is 15.4 Å². The molecule has 1 aliphatic rings. The first kappa shape index (κ1) is 13.2. The van der Waals surface area contributed by atoms with Crippen LogP contribution in [0.25, 0.3) is 0 Å². The lowest BCUT2D eigenvalue weighted by Crippen LogP contribution is -2.45. The van der Waals surface area contributed by atoms with Gasteiger partial charge in [-0.15, -0.1) is 0 Å². The smallest absolute Gasteiger partial charge is 0.373 e. The predicted octanol–water partition coefficient (Wildman–Crippen LogP) is 1.87. The van der Waals surface area contributed by atoms with Gasteiger partial charge in [0.25, 0.3) is 0 Å². The van der Waals surface area contributed by atoms with Crippen molar-refractivity contribution in [1.29, 1.82) is 0 Å². The summed E-state index contributed by atoms with van der Waals surface area (Å²) in [7, 11) is 0. The maximum atomic E-state index is 12.4. The maximum Gasteiger partial charge on any atom is 0.416 e. The number of anilines is 1. The van der Waals surface area contributed by atoms with Crippen molar-refractivity contribution in [2.24, 2.45) is 5.73 Å². The Labute approximate surface area is 103 Å². The molecule has 1 atom stereocenters. The molecule has 1 unspecified atom stereocenters. The molecule has 100 valence electrons. The van der Waals surface area contributed by atoms with Crippen molar-refractivity contribution in [3.05, 3.63) is 29.8 Å². The second-order valence-corrected chi connectivity index (χ2v) is 4.22. The Balaban J connectivity index is 2.09. The van der Waals surface area contributed by atoms with Crippen LogP contribution in [-0.4, -0.2) is 32.3 Å². The van der Waals surface area contributed by atoms with Gasteiger partial charge >= 0.3 is 6.18 Å². The number of halogens is 3.